The topological polar surface area (TPSA) is 78.5 Å². The summed E-state index contributed by atoms with van der Waals surface area (Å²) in [7, 11) is 0. The van der Waals surface area contributed by atoms with Crippen molar-refractivity contribution >= 4 is 28.5 Å². The van der Waals surface area contributed by atoms with E-state index in [4.69, 9.17) is 0 Å². The van der Waals surface area contributed by atoms with E-state index in [0.29, 0.717) is 30.9 Å². The Balaban J connectivity index is 1.45. The Hall–Kier alpha value is -2.89. The van der Waals surface area contributed by atoms with Crippen molar-refractivity contribution in [3.63, 3.8) is 0 Å². The maximum atomic E-state index is 12.7. The Bertz CT molecular complexity index is 940. The van der Waals surface area contributed by atoms with Crippen LogP contribution < -0.4 is 10.6 Å². The van der Waals surface area contributed by atoms with E-state index in [2.05, 4.69) is 10.6 Å². The number of amides is 3. The summed E-state index contributed by atoms with van der Waals surface area (Å²) in [5.74, 6) is -0.0209. The van der Waals surface area contributed by atoms with Gasteiger partial charge in [-0.2, -0.15) is 0 Å². The fourth-order valence-corrected chi connectivity index (χ4v) is 4.19. The minimum absolute atomic E-state index is 0.0410. The van der Waals surface area contributed by atoms with E-state index >= 15 is 0 Å². The van der Waals surface area contributed by atoms with E-state index in [0.717, 1.165) is 10.8 Å². The third-order valence-corrected chi connectivity index (χ3v) is 5.56. The molecule has 3 amide bonds. The molecule has 0 radical (unpaired) electrons. The third kappa shape index (κ3) is 3.46. The maximum Gasteiger partial charge on any atom is 0.251 e. The van der Waals surface area contributed by atoms with Crippen molar-refractivity contribution in [3.8, 4) is 0 Å². The van der Waals surface area contributed by atoms with E-state index in [-0.39, 0.29) is 23.8 Å². The van der Waals surface area contributed by atoms with Crippen LogP contribution in [-0.4, -0.2) is 47.3 Å². The molecule has 28 heavy (non-hydrogen) atoms. The number of nitrogens with zero attached hydrogens (tertiary/aromatic N) is 1. The van der Waals surface area contributed by atoms with Crippen LogP contribution in [-0.2, 0) is 9.59 Å². The van der Waals surface area contributed by atoms with Crippen LogP contribution in [0.15, 0.2) is 42.5 Å². The van der Waals surface area contributed by atoms with Crippen LogP contribution in [0.2, 0.25) is 0 Å². The fourth-order valence-electron chi connectivity index (χ4n) is 4.19. The van der Waals surface area contributed by atoms with Crippen LogP contribution in [0.1, 0.15) is 37.0 Å². The van der Waals surface area contributed by atoms with Gasteiger partial charge >= 0.3 is 0 Å². The molecule has 0 unspecified atom stereocenters. The Kier molecular flexibility index (Phi) is 4.79. The zero-order valence-electron chi connectivity index (χ0n) is 16.1. The summed E-state index contributed by atoms with van der Waals surface area (Å²) in [6, 6.07) is 12.3. The highest BCUT2D eigenvalue weighted by Gasteiger charge is 2.46. The van der Waals surface area contributed by atoms with Crippen molar-refractivity contribution in [3.05, 3.63) is 48.0 Å². The summed E-state index contributed by atoms with van der Waals surface area (Å²) >= 11 is 0. The zero-order chi connectivity index (χ0) is 19.8. The molecule has 2 aliphatic rings. The highest BCUT2D eigenvalue weighted by Crippen LogP contribution is 2.25. The monoisotopic (exact) mass is 379 g/mol. The molecule has 2 fully saturated rings. The molecule has 146 valence electrons. The minimum Gasteiger partial charge on any atom is -0.347 e. The molecule has 0 aliphatic carbocycles. The van der Waals surface area contributed by atoms with Gasteiger partial charge < -0.3 is 15.5 Å². The largest absolute Gasteiger partial charge is 0.347 e. The van der Waals surface area contributed by atoms with Crippen LogP contribution >= 0.6 is 0 Å². The second kappa shape index (κ2) is 7.26. The first-order valence-corrected chi connectivity index (χ1v) is 9.83. The van der Waals surface area contributed by atoms with Crippen LogP contribution in [0.4, 0.5) is 0 Å². The molecule has 2 aliphatic heterocycles. The first-order chi connectivity index (χ1) is 13.4. The van der Waals surface area contributed by atoms with Gasteiger partial charge in [-0.1, -0.05) is 44.2 Å². The van der Waals surface area contributed by atoms with Crippen molar-refractivity contribution in [1.82, 2.24) is 15.5 Å². The first-order valence-electron chi connectivity index (χ1n) is 9.83. The van der Waals surface area contributed by atoms with Crippen molar-refractivity contribution < 1.29 is 14.4 Å². The molecule has 2 aromatic carbocycles. The zero-order valence-corrected chi connectivity index (χ0v) is 16.1. The first kappa shape index (κ1) is 18.5. The smallest absolute Gasteiger partial charge is 0.251 e. The lowest BCUT2D eigenvalue weighted by atomic mass is 9.99. The number of nitrogens with one attached hydrogen (secondary N) is 2. The lowest BCUT2D eigenvalue weighted by Gasteiger charge is -2.35. The number of benzene rings is 2. The highest BCUT2D eigenvalue weighted by atomic mass is 16.2. The Labute approximate surface area is 164 Å². The Morgan fingerprint density at radius 3 is 2.68 bits per heavy atom. The average molecular weight is 379 g/mol. The summed E-state index contributed by atoms with van der Waals surface area (Å²) < 4.78 is 0. The maximum absolute atomic E-state index is 12.7. The molecule has 2 saturated heterocycles. The van der Waals surface area contributed by atoms with Crippen LogP contribution in [0.3, 0.4) is 0 Å². The van der Waals surface area contributed by atoms with E-state index in [1.165, 1.54) is 0 Å². The van der Waals surface area contributed by atoms with Gasteiger partial charge in [0.05, 0.1) is 0 Å². The molecule has 3 atom stereocenters. The predicted octanol–water partition coefficient (Wildman–Crippen LogP) is 2.08. The van der Waals surface area contributed by atoms with Gasteiger partial charge in [0.25, 0.3) is 5.91 Å². The van der Waals surface area contributed by atoms with E-state index in [1.54, 1.807) is 11.0 Å². The van der Waals surface area contributed by atoms with Crippen molar-refractivity contribution in [2.24, 2.45) is 5.92 Å². The van der Waals surface area contributed by atoms with Crippen molar-refractivity contribution in [1.29, 1.82) is 0 Å². The van der Waals surface area contributed by atoms with Crippen LogP contribution in [0.25, 0.3) is 10.8 Å². The molecule has 6 heteroatoms. The predicted molar refractivity (Wildman–Crippen MR) is 107 cm³/mol. The van der Waals surface area contributed by atoms with Gasteiger partial charge in [0.1, 0.15) is 12.1 Å². The van der Waals surface area contributed by atoms with Gasteiger partial charge in [-0.3, -0.25) is 14.4 Å². The number of hydrogen-bond donors (Lipinski definition) is 2. The number of piperazine rings is 1. The molecule has 2 aromatic rings. The quantitative estimate of drug-likeness (QED) is 0.854. The second-order valence-electron chi connectivity index (χ2n) is 8.17. The normalized spacial score (nSPS) is 24.4. The molecular weight excluding hydrogens is 354 g/mol. The number of rotatable bonds is 4. The van der Waals surface area contributed by atoms with Gasteiger partial charge in [-0.05, 0) is 41.7 Å². The molecule has 0 saturated carbocycles. The van der Waals surface area contributed by atoms with Crippen LogP contribution in [0, 0.1) is 5.92 Å². The standard InChI is InChI=1S/C22H25N3O3/c1-13(2)9-18-22(28)25-12-17(11-19(25)21(27)24-18)23-20(26)16-8-7-14-5-3-4-6-15(14)10-16/h3-8,10,13,17-19H,9,11-12H2,1-2H3,(H,23,26)(H,24,27)/t17-,18-,19-/m0/s1. The van der Waals surface area contributed by atoms with Gasteiger partial charge in [-0.25, -0.2) is 0 Å². The molecule has 0 spiro atoms. The van der Waals surface area contributed by atoms with Gasteiger partial charge in [0, 0.05) is 18.2 Å². The summed E-state index contributed by atoms with van der Waals surface area (Å²) in [5.41, 5.74) is 0.581. The molecular formula is C22H25N3O3. The summed E-state index contributed by atoms with van der Waals surface area (Å²) in [4.78, 5) is 39.5. The minimum atomic E-state index is -0.488. The number of carbonyl (C=O) groups is 3. The molecule has 0 bridgehead atoms. The third-order valence-electron chi connectivity index (χ3n) is 5.56. The second-order valence-corrected chi connectivity index (χ2v) is 8.17. The Morgan fingerprint density at radius 2 is 1.93 bits per heavy atom. The van der Waals surface area contributed by atoms with Crippen molar-refractivity contribution in [2.45, 2.75) is 44.8 Å². The molecule has 2 heterocycles. The molecule has 2 N–H and O–H groups in total. The lowest BCUT2D eigenvalue weighted by Crippen LogP contribution is -2.61. The van der Waals surface area contributed by atoms with Crippen LogP contribution in [0.5, 0.6) is 0 Å². The van der Waals surface area contributed by atoms with Gasteiger partial charge in [0.15, 0.2) is 0 Å². The fraction of sp³-hybridized carbons (Fsp3) is 0.409. The average Bonchev–Trinajstić information content (AvgIpc) is 3.09. The molecule has 6 nitrogen and oxygen atoms in total. The lowest BCUT2D eigenvalue weighted by molar-refractivity contribution is -0.147. The number of fused-ring (bicyclic) bond motifs is 2. The molecule has 0 aromatic heterocycles. The Morgan fingerprint density at radius 1 is 1.18 bits per heavy atom. The summed E-state index contributed by atoms with van der Waals surface area (Å²) in [6.45, 7) is 4.44. The summed E-state index contributed by atoms with van der Waals surface area (Å²) in [6.07, 6.45) is 1.08. The van der Waals surface area contributed by atoms with Crippen molar-refractivity contribution in [2.75, 3.05) is 6.54 Å². The highest BCUT2D eigenvalue weighted by molar-refractivity contribution is 6.00. The number of hydrogen-bond acceptors (Lipinski definition) is 3. The van der Waals surface area contributed by atoms with Gasteiger partial charge in [0.2, 0.25) is 11.8 Å². The van der Waals surface area contributed by atoms with E-state index < -0.39 is 12.1 Å². The summed E-state index contributed by atoms with van der Waals surface area (Å²) in [5, 5.41) is 7.94. The molecule has 4 rings (SSSR count). The SMILES string of the molecule is CC(C)C[C@@H]1NC(=O)[C@@H]2C[C@H](NC(=O)c3ccc4ccccc4c3)CN2C1=O. The van der Waals surface area contributed by atoms with E-state index in [9.17, 15) is 14.4 Å². The van der Waals surface area contributed by atoms with Gasteiger partial charge in [-0.15, -0.1) is 0 Å². The van der Waals surface area contributed by atoms with E-state index in [1.807, 2.05) is 50.2 Å². The number of carbonyl (C=O) groups excluding carboxylic acids is 3.